The molecule has 4 aromatic rings. The highest BCUT2D eigenvalue weighted by Gasteiger charge is 2.18. The first kappa shape index (κ1) is 19.7. The minimum Gasteiger partial charge on any atom is -0.496 e. The molecule has 2 heterocycles. The van der Waals surface area contributed by atoms with Crippen molar-refractivity contribution in [3.8, 4) is 16.9 Å². The number of aromatic amines is 1. The first-order chi connectivity index (χ1) is 14.1. The highest BCUT2D eigenvalue weighted by molar-refractivity contribution is 7.17. The molecule has 0 spiro atoms. The van der Waals surface area contributed by atoms with Gasteiger partial charge in [0.1, 0.15) is 10.4 Å². The smallest absolute Gasteiger partial charge is 0.266 e. The van der Waals surface area contributed by atoms with E-state index in [1.807, 2.05) is 31.5 Å². The summed E-state index contributed by atoms with van der Waals surface area (Å²) >= 11 is 1.48. The average Bonchev–Trinajstić information content (AvgIpc) is 3.23. The van der Waals surface area contributed by atoms with Crippen LogP contribution in [0, 0.1) is 6.92 Å². The zero-order chi connectivity index (χ0) is 20.5. The molecule has 29 heavy (non-hydrogen) atoms. The number of pyridine rings is 1. The molecule has 5 heteroatoms. The van der Waals surface area contributed by atoms with E-state index in [2.05, 4.69) is 41.5 Å². The molecule has 2 N–H and O–H groups in total. The summed E-state index contributed by atoms with van der Waals surface area (Å²) < 4.78 is 6.54. The van der Waals surface area contributed by atoms with Crippen molar-refractivity contribution in [3.05, 3.63) is 63.3 Å². The maximum atomic E-state index is 12.5. The van der Waals surface area contributed by atoms with E-state index in [1.165, 1.54) is 16.9 Å². The third kappa shape index (κ3) is 3.34. The molecule has 2 aromatic heterocycles. The SMILES string of the molecule is CC[C@@H](CNC)c1ccc(-c2c(OC)cc(C)c3[nH]c(=O)c4sccc4c23)cc1. The predicted octanol–water partition coefficient (Wildman–Crippen LogP) is 5.44. The number of methoxy groups -OCH3 is 1. The molecule has 0 aliphatic heterocycles. The number of H-pyrrole nitrogens is 1. The Morgan fingerprint density at radius 3 is 2.62 bits per heavy atom. The molecule has 0 aliphatic carbocycles. The molecular formula is C24H26N2O2S. The Hall–Kier alpha value is -2.63. The third-order valence-electron chi connectivity index (χ3n) is 5.70. The molecule has 4 nitrogen and oxygen atoms in total. The number of hydrogen-bond acceptors (Lipinski definition) is 4. The van der Waals surface area contributed by atoms with Crippen LogP contribution in [0.25, 0.3) is 32.1 Å². The number of hydrogen-bond donors (Lipinski definition) is 2. The fourth-order valence-corrected chi connectivity index (χ4v) is 4.98. The van der Waals surface area contributed by atoms with Crippen LogP contribution in [-0.2, 0) is 0 Å². The van der Waals surface area contributed by atoms with Gasteiger partial charge in [-0.1, -0.05) is 31.2 Å². The second-order valence-electron chi connectivity index (χ2n) is 7.42. The number of nitrogens with one attached hydrogen (secondary N) is 2. The topological polar surface area (TPSA) is 54.1 Å². The Balaban J connectivity index is 1.99. The first-order valence-electron chi connectivity index (χ1n) is 9.94. The summed E-state index contributed by atoms with van der Waals surface area (Å²) in [6, 6.07) is 12.8. The summed E-state index contributed by atoms with van der Waals surface area (Å²) in [6.45, 7) is 5.19. The lowest BCUT2D eigenvalue weighted by Gasteiger charge is -2.18. The first-order valence-corrected chi connectivity index (χ1v) is 10.8. The van der Waals surface area contributed by atoms with Crippen molar-refractivity contribution >= 4 is 32.3 Å². The Morgan fingerprint density at radius 1 is 1.21 bits per heavy atom. The monoisotopic (exact) mass is 406 g/mol. The van der Waals surface area contributed by atoms with Gasteiger partial charge in [-0.25, -0.2) is 0 Å². The fraction of sp³-hybridized carbons (Fsp3) is 0.292. The zero-order valence-electron chi connectivity index (χ0n) is 17.3. The van der Waals surface area contributed by atoms with Gasteiger partial charge in [0.2, 0.25) is 0 Å². The summed E-state index contributed by atoms with van der Waals surface area (Å²) in [7, 11) is 3.70. The minimum atomic E-state index is -0.0325. The molecule has 0 bridgehead atoms. The van der Waals surface area contributed by atoms with E-state index in [-0.39, 0.29) is 5.56 Å². The molecule has 1 atom stereocenters. The maximum Gasteiger partial charge on any atom is 0.266 e. The van der Waals surface area contributed by atoms with Crippen molar-refractivity contribution in [2.24, 2.45) is 0 Å². The van der Waals surface area contributed by atoms with Crippen molar-refractivity contribution in [2.45, 2.75) is 26.2 Å². The van der Waals surface area contributed by atoms with Crippen LogP contribution in [0.2, 0.25) is 0 Å². The highest BCUT2D eigenvalue weighted by atomic mass is 32.1. The number of rotatable bonds is 6. The van der Waals surface area contributed by atoms with Crippen LogP contribution in [0.3, 0.4) is 0 Å². The van der Waals surface area contributed by atoms with Gasteiger partial charge in [-0.2, -0.15) is 0 Å². The van der Waals surface area contributed by atoms with Gasteiger partial charge in [0.15, 0.2) is 0 Å². The Kier molecular flexibility index (Phi) is 5.43. The van der Waals surface area contributed by atoms with Gasteiger partial charge < -0.3 is 15.0 Å². The largest absolute Gasteiger partial charge is 0.496 e. The van der Waals surface area contributed by atoms with E-state index in [4.69, 9.17) is 4.74 Å². The summed E-state index contributed by atoms with van der Waals surface area (Å²) in [6.07, 6.45) is 1.09. The summed E-state index contributed by atoms with van der Waals surface area (Å²) in [5, 5.41) is 7.29. The Morgan fingerprint density at radius 2 is 1.97 bits per heavy atom. The lowest BCUT2D eigenvalue weighted by atomic mass is 9.91. The standard InChI is InChI=1S/C24H26N2O2S/c1-5-15(13-25-3)16-6-8-17(9-7-16)20-19(28-4)12-14(2)22-21(20)18-10-11-29-23(18)24(27)26-22/h6-12,15,25H,5,13H2,1-4H3,(H,26,27)/t15-/m0/s1. The van der Waals surface area contributed by atoms with Crippen LogP contribution >= 0.6 is 11.3 Å². The lowest BCUT2D eigenvalue weighted by Crippen LogP contribution is -2.16. The van der Waals surface area contributed by atoms with Crippen LogP contribution in [0.4, 0.5) is 0 Å². The van der Waals surface area contributed by atoms with Gasteiger partial charge >= 0.3 is 0 Å². The fourth-order valence-electron chi connectivity index (χ4n) is 4.18. The highest BCUT2D eigenvalue weighted by Crippen LogP contribution is 2.42. The lowest BCUT2D eigenvalue weighted by molar-refractivity contribution is 0.416. The number of aromatic nitrogens is 1. The molecule has 2 aromatic carbocycles. The van der Waals surface area contributed by atoms with Crippen LogP contribution < -0.4 is 15.6 Å². The molecule has 0 saturated carbocycles. The Labute approximate surface area is 174 Å². The van der Waals surface area contributed by atoms with E-state index in [9.17, 15) is 4.79 Å². The average molecular weight is 407 g/mol. The predicted molar refractivity (Wildman–Crippen MR) is 124 cm³/mol. The summed E-state index contributed by atoms with van der Waals surface area (Å²) in [5.41, 5.74) is 5.30. The number of ether oxygens (including phenoxy) is 1. The van der Waals surface area contributed by atoms with Crippen molar-refractivity contribution in [3.63, 3.8) is 0 Å². The van der Waals surface area contributed by atoms with E-state index in [1.54, 1.807) is 7.11 Å². The van der Waals surface area contributed by atoms with Crippen molar-refractivity contribution in [2.75, 3.05) is 20.7 Å². The van der Waals surface area contributed by atoms with Crippen molar-refractivity contribution in [1.82, 2.24) is 10.3 Å². The number of benzene rings is 2. The Bertz CT molecular complexity index is 1220. The van der Waals surface area contributed by atoms with Gasteiger partial charge in [0.05, 0.1) is 12.6 Å². The van der Waals surface area contributed by atoms with E-state index >= 15 is 0 Å². The molecule has 0 amide bonds. The van der Waals surface area contributed by atoms with Crippen LogP contribution in [0.5, 0.6) is 5.75 Å². The van der Waals surface area contributed by atoms with E-state index in [0.29, 0.717) is 5.92 Å². The summed E-state index contributed by atoms with van der Waals surface area (Å²) in [5.74, 6) is 1.32. The number of likely N-dealkylation sites (N-methyl/N-ethyl adjacent to an activating group) is 1. The molecule has 0 fully saturated rings. The number of aryl methyl sites for hydroxylation is 1. The quantitative estimate of drug-likeness (QED) is 0.448. The molecule has 4 rings (SSSR count). The third-order valence-corrected chi connectivity index (χ3v) is 6.61. The second kappa shape index (κ2) is 8.01. The molecule has 0 saturated heterocycles. The zero-order valence-corrected chi connectivity index (χ0v) is 18.1. The molecule has 0 unspecified atom stereocenters. The second-order valence-corrected chi connectivity index (χ2v) is 8.34. The van der Waals surface area contributed by atoms with Gasteiger partial charge in [-0.15, -0.1) is 11.3 Å². The van der Waals surface area contributed by atoms with Crippen LogP contribution in [-0.4, -0.2) is 25.7 Å². The van der Waals surface area contributed by atoms with Gasteiger partial charge in [0, 0.05) is 22.9 Å². The van der Waals surface area contributed by atoms with E-state index < -0.39 is 0 Å². The molecule has 150 valence electrons. The van der Waals surface area contributed by atoms with E-state index in [0.717, 1.165) is 56.4 Å². The number of fused-ring (bicyclic) bond motifs is 3. The van der Waals surface area contributed by atoms with Gasteiger partial charge in [-0.3, -0.25) is 4.79 Å². The number of thiophene rings is 1. The normalized spacial score (nSPS) is 12.6. The minimum absolute atomic E-state index is 0.0325. The summed E-state index contributed by atoms with van der Waals surface area (Å²) in [4.78, 5) is 15.6. The molecule has 0 aliphatic rings. The maximum absolute atomic E-state index is 12.5. The van der Waals surface area contributed by atoms with Crippen LogP contribution in [0.15, 0.2) is 46.6 Å². The van der Waals surface area contributed by atoms with Crippen molar-refractivity contribution in [1.29, 1.82) is 0 Å². The van der Waals surface area contributed by atoms with Gasteiger partial charge in [0.25, 0.3) is 5.56 Å². The molecular weight excluding hydrogens is 380 g/mol. The van der Waals surface area contributed by atoms with Crippen LogP contribution in [0.1, 0.15) is 30.4 Å². The van der Waals surface area contributed by atoms with Crippen molar-refractivity contribution < 1.29 is 4.74 Å². The molecule has 0 radical (unpaired) electrons. The van der Waals surface area contributed by atoms with Gasteiger partial charge in [-0.05, 0) is 60.5 Å².